The van der Waals surface area contributed by atoms with Gasteiger partial charge in [0.25, 0.3) is 5.91 Å². The van der Waals surface area contributed by atoms with E-state index in [-0.39, 0.29) is 17.0 Å². The minimum Gasteiger partial charge on any atom is -0.508 e. The van der Waals surface area contributed by atoms with Crippen molar-refractivity contribution >= 4 is 46.3 Å². The monoisotopic (exact) mass is 406 g/mol. The summed E-state index contributed by atoms with van der Waals surface area (Å²) in [5, 5.41) is 23.2. The number of rotatable bonds is 6. The maximum absolute atomic E-state index is 12.5. The molecule has 3 rings (SSSR count). The van der Waals surface area contributed by atoms with Gasteiger partial charge in [0.15, 0.2) is 0 Å². The molecule has 0 spiro atoms. The van der Waals surface area contributed by atoms with E-state index in [4.69, 9.17) is 0 Å². The van der Waals surface area contributed by atoms with Gasteiger partial charge in [-0.2, -0.15) is 0 Å². The Hall–Kier alpha value is -3.58. The number of carboxylic acid groups (broad SMARTS) is 1. The van der Waals surface area contributed by atoms with E-state index in [1.165, 1.54) is 30.1 Å². The minimum absolute atomic E-state index is 0.0204. The summed E-state index contributed by atoms with van der Waals surface area (Å²) in [4.78, 5) is 28.3. The second-order valence-corrected chi connectivity index (χ2v) is 6.92. The highest BCUT2D eigenvalue weighted by Crippen LogP contribution is 2.21. The molecule has 146 valence electrons. The predicted molar refractivity (Wildman–Crippen MR) is 117 cm³/mol. The number of anilines is 1. The number of amides is 1. The highest BCUT2D eigenvalue weighted by Gasteiger charge is 2.14. The number of aromatic hydroxyl groups is 1. The van der Waals surface area contributed by atoms with E-state index in [9.17, 15) is 19.8 Å². The molecule has 0 radical (unpaired) electrons. The first-order valence-electron chi connectivity index (χ1n) is 8.62. The van der Waals surface area contributed by atoms with Crippen molar-refractivity contribution in [3.8, 4) is 5.75 Å². The van der Waals surface area contributed by atoms with Gasteiger partial charge in [0, 0.05) is 12.4 Å². The first kappa shape index (κ1) is 20.2. The number of benzene rings is 3. The van der Waals surface area contributed by atoms with E-state index in [1.807, 2.05) is 24.3 Å². The van der Waals surface area contributed by atoms with E-state index >= 15 is 0 Å². The molecule has 0 aromatic heterocycles. The molecule has 0 saturated carbocycles. The summed E-state index contributed by atoms with van der Waals surface area (Å²) >= 11 is 1.21. The van der Waals surface area contributed by atoms with Gasteiger partial charge in [-0.1, -0.05) is 30.3 Å². The summed E-state index contributed by atoms with van der Waals surface area (Å²) in [7, 11) is 0. The lowest BCUT2D eigenvalue weighted by Crippen LogP contribution is -2.15. The van der Waals surface area contributed by atoms with Crippen molar-refractivity contribution in [3.63, 3.8) is 0 Å². The van der Waals surface area contributed by atoms with Gasteiger partial charge in [0.1, 0.15) is 5.75 Å². The van der Waals surface area contributed by atoms with E-state index < -0.39 is 11.9 Å². The maximum atomic E-state index is 12.5. The number of carboxylic acids is 1. The number of hydrogen-bond acceptors (Lipinski definition) is 5. The van der Waals surface area contributed by atoms with E-state index in [1.54, 1.807) is 36.7 Å². The van der Waals surface area contributed by atoms with Crippen molar-refractivity contribution in [1.29, 1.82) is 0 Å². The number of carbonyl (C=O) groups excluding carboxylic acids is 1. The Morgan fingerprint density at radius 2 is 1.76 bits per heavy atom. The number of aromatic carboxylic acids is 1. The molecule has 0 fully saturated rings. The van der Waals surface area contributed by atoms with Crippen LogP contribution in [0, 0.1) is 0 Å². The molecule has 6 nitrogen and oxygen atoms in total. The van der Waals surface area contributed by atoms with Crippen LogP contribution in [-0.4, -0.2) is 34.6 Å². The normalized spacial score (nSPS) is 11.7. The maximum Gasteiger partial charge on any atom is 0.337 e. The summed E-state index contributed by atoms with van der Waals surface area (Å²) in [5.74, 6) is -1.34. The Bertz CT molecular complexity index is 1140. The SMILES string of the molecule is CS/C(=C\N=Cc1ccc2cc(O)ccc2c1)C(=O)Nc1ccccc1C(=O)O. The number of phenolic OH excluding ortho intramolecular Hbond substituents is 1. The van der Waals surface area contributed by atoms with Crippen molar-refractivity contribution in [1.82, 2.24) is 0 Å². The fourth-order valence-corrected chi connectivity index (χ4v) is 3.09. The molecular formula is C22H18N2O4S. The largest absolute Gasteiger partial charge is 0.508 e. The zero-order valence-electron chi connectivity index (χ0n) is 15.5. The fourth-order valence-electron chi connectivity index (χ4n) is 2.69. The molecule has 3 aromatic rings. The third kappa shape index (κ3) is 5.03. The van der Waals surface area contributed by atoms with Crippen LogP contribution in [0.1, 0.15) is 15.9 Å². The van der Waals surface area contributed by atoms with Crippen LogP contribution >= 0.6 is 11.8 Å². The Balaban J connectivity index is 1.76. The summed E-state index contributed by atoms with van der Waals surface area (Å²) in [6.07, 6.45) is 4.80. The summed E-state index contributed by atoms with van der Waals surface area (Å²) in [6.45, 7) is 0. The summed E-state index contributed by atoms with van der Waals surface area (Å²) in [6, 6.07) is 17.0. The second-order valence-electron chi connectivity index (χ2n) is 6.07. The van der Waals surface area contributed by atoms with Gasteiger partial charge in [-0.05, 0) is 52.9 Å². The zero-order valence-corrected chi connectivity index (χ0v) is 16.3. The number of aliphatic imine (C=N–C) groups is 1. The van der Waals surface area contributed by atoms with Crippen molar-refractivity contribution in [2.24, 2.45) is 4.99 Å². The summed E-state index contributed by atoms with van der Waals surface area (Å²) in [5.41, 5.74) is 1.09. The van der Waals surface area contributed by atoms with Crippen molar-refractivity contribution in [3.05, 3.63) is 82.9 Å². The smallest absolute Gasteiger partial charge is 0.337 e. The molecule has 1 amide bonds. The van der Waals surface area contributed by atoms with Gasteiger partial charge in [-0.25, -0.2) is 4.79 Å². The van der Waals surface area contributed by atoms with Crippen LogP contribution in [0.15, 0.2) is 76.8 Å². The summed E-state index contributed by atoms with van der Waals surface area (Å²) < 4.78 is 0. The molecule has 0 atom stereocenters. The topological polar surface area (TPSA) is 99.0 Å². The van der Waals surface area contributed by atoms with Gasteiger partial charge in [0.2, 0.25) is 0 Å². The molecule has 0 heterocycles. The van der Waals surface area contributed by atoms with Crippen LogP contribution in [-0.2, 0) is 4.79 Å². The standard InChI is InChI=1S/C22H18N2O4S/c1-29-20(21(26)24-19-5-3-2-4-18(19)22(27)28)13-23-12-14-6-7-16-11-17(25)9-8-15(16)10-14/h2-13,25H,1H3,(H,24,26)(H,27,28)/b20-13-,23-12?. The minimum atomic E-state index is -1.11. The highest BCUT2D eigenvalue weighted by molar-refractivity contribution is 8.03. The van der Waals surface area contributed by atoms with E-state index in [2.05, 4.69) is 10.3 Å². The van der Waals surface area contributed by atoms with Gasteiger partial charge in [-0.15, -0.1) is 11.8 Å². The average molecular weight is 406 g/mol. The van der Waals surface area contributed by atoms with E-state index in [0.717, 1.165) is 16.3 Å². The van der Waals surface area contributed by atoms with Crippen LogP contribution in [0.25, 0.3) is 10.8 Å². The lowest BCUT2D eigenvalue weighted by molar-refractivity contribution is -0.112. The molecule has 7 heteroatoms. The number of fused-ring (bicyclic) bond motifs is 1. The Morgan fingerprint density at radius 3 is 2.52 bits per heavy atom. The van der Waals surface area contributed by atoms with Crippen molar-refractivity contribution < 1.29 is 19.8 Å². The van der Waals surface area contributed by atoms with Gasteiger partial charge in [-0.3, -0.25) is 9.79 Å². The Morgan fingerprint density at radius 1 is 1.03 bits per heavy atom. The Kier molecular flexibility index (Phi) is 6.31. The van der Waals surface area contributed by atoms with E-state index in [0.29, 0.717) is 4.91 Å². The first-order valence-corrected chi connectivity index (χ1v) is 9.84. The third-order valence-corrected chi connectivity index (χ3v) is 4.84. The molecule has 0 bridgehead atoms. The molecular weight excluding hydrogens is 388 g/mol. The molecule has 0 aliphatic carbocycles. The quantitative estimate of drug-likeness (QED) is 0.413. The van der Waals surface area contributed by atoms with Crippen LogP contribution in [0.4, 0.5) is 5.69 Å². The third-order valence-electron chi connectivity index (χ3n) is 4.11. The lowest BCUT2D eigenvalue weighted by atomic mass is 10.1. The molecule has 0 aliphatic rings. The number of thioether (sulfide) groups is 1. The van der Waals surface area contributed by atoms with Gasteiger partial charge in [0.05, 0.1) is 16.2 Å². The number of phenols is 1. The molecule has 0 aliphatic heterocycles. The molecule has 0 unspecified atom stereocenters. The van der Waals surface area contributed by atoms with Crippen molar-refractivity contribution in [2.75, 3.05) is 11.6 Å². The van der Waals surface area contributed by atoms with Crippen LogP contribution < -0.4 is 5.32 Å². The highest BCUT2D eigenvalue weighted by atomic mass is 32.2. The second kappa shape index (κ2) is 9.07. The Labute approximate surface area is 171 Å². The number of hydrogen-bond donors (Lipinski definition) is 3. The molecule has 0 saturated heterocycles. The molecule has 3 aromatic carbocycles. The van der Waals surface area contributed by atoms with Crippen LogP contribution in [0.2, 0.25) is 0 Å². The number of para-hydroxylation sites is 1. The molecule has 3 N–H and O–H groups in total. The number of nitrogens with zero attached hydrogens (tertiary/aromatic N) is 1. The van der Waals surface area contributed by atoms with Gasteiger partial charge >= 0.3 is 5.97 Å². The van der Waals surface area contributed by atoms with Crippen molar-refractivity contribution in [2.45, 2.75) is 0 Å². The number of carbonyl (C=O) groups is 2. The average Bonchev–Trinajstić information content (AvgIpc) is 2.71. The molecule has 29 heavy (non-hydrogen) atoms. The predicted octanol–water partition coefficient (Wildman–Crippen LogP) is 4.51. The fraction of sp³-hybridized carbons (Fsp3) is 0.0455. The van der Waals surface area contributed by atoms with Gasteiger partial charge < -0.3 is 15.5 Å². The zero-order chi connectivity index (χ0) is 20.8. The first-order chi connectivity index (χ1) is 14.0. The number of nitrogens with one attached hydrogen (secondary N) is 1. The van der Waals surface area contributed by atoms with Crippen LogP contribution in [0.5, 0.6) is 5.75 Å². The lowest BCUT2D eigenvalue weighted by Gasteiger charge is -2.08. The van der Waals surface area contributed by atoms with Crippen LogP contribution in [0.3, 0.4) is 0 Å².